The third-order valence-electron chi connectivity index (χ3n) is 3.30. The number of aliphatic imine (C=N–C) groups is 1. The Morgan fingerprint density at radius 1 is 1.52 bits per heavy atom. The van der Waals surface area contributed by atoms with Crippen LogP contribution in [0, 0.1) is 0 Å². The van der Waals surface area contributed by atoms with Crippen molar-refractivity contribution in [3.63, 3.8) is 0 Å². The fraction of sp³-hybridized carbons (Fsp3) is 0.235. The van der Waals surface area contributed by atoms with Gasteiger partial charge in [0.25, 0.3) is 5.91 Å². The molecule has 0 saturated heterocycles. The minimum absolute atomic E-state index is 0.0369. The topological polar surface area (TPSA) is 44.5 Å². The Hall–Kier alpha value is -1.91. The molecule has 0 aromatic heterocycles. The maximum Gasteiger partial charge on any atom is 0.308 e. The molecule has 1 atom stereocenters. The Bertz CT molecular complexity index is 1040. The SMILES string of the molecule is [2H]C1=C(C([2H])([2H])[2H])C([2H])=[N+]2C(=NC(C)=C2C(=O)NCc2ccc(Cl)c(Cl)c2)C1[2H]. The van der Waals surface area contributed by atoms with Crippen LogP contribution in [0.5, 0.6) is 0 Å². The van der Waals surface area contributed by atoms with Crippen LogP contribution >= 0.6 is 23.2 Å². The molecule has 0 spiro atoms. The average Bonchev–Trinajstić information content (AvgIpc) is 2.97. The molecule has 0 bridgehead atoms. The number of allylic oxidation sites excluding steroid dienone is 2. The molecule has 3 rings (SSSR count). The molecule has 2 aliphatic rings. The Morgan fingerprint density at radius 2 is 2.35 bits per heavy atom. The Morgan fingerprint density at radius 3 is 3.09 bits per heavy atom. The first-order chi connectivity index (χ1) is 13.4. The van der Waals surface area contributed by atoms with E-state index in [1.165, 1.54) is 6.92 Å². The van der Waals surface area contributed by atoms with Gasteiger partial charge in [0, 0.05) is 19.0 Å². The third-order valence-corrected chi connectivity index (χ3v) is 4.04. The van der Waals surface area contributed by atoms with Gasteiger partial charge in [-0.1, -0.05) is 35.3 Å². The summed E-state index contributed by atoms with van der Waals surface area (Å²) in [5, 5.41) is 3.40. The number of hydrogen-bond donors (Lipinski definition) is 1. The van der Waals surface area contributed by atoms with E-state index in [4.69, 9.17) is 31.4 Å². The number of benzene rings is 1. The van der Waals surface area contributed by atoms with Crippen LogP contribution in [-0.4, -0.2) is 22.5 Å². The van der Waals surface area contributed by atoms with Gasteiger partial charge in [-0.3, -0.25) is 4.79 Å². The van der Waals surface area contributed by atoms with Crippen molar-refractivity contribution in [3.8, 4) is 0 Å². The zero-order valence-corrected chi connectivity index (χ0v) is 13.6. The summed E-state index contributed by atoms with van der Waals surface area (Å²) in [6.45, 7) is -1.13. The smallest absolute Gasteiger partial charge is 0.308 e. The van der Waals surface area contributed by atoms with Crippen LogP contribution in [0.15, 0.2) is 46.2 Å². The average molecular weight is 355 g/mol. The van der Waals surface area contributed by atoms with E-state index in [0.717, 1.165) is 4.58 Å². The van der Waals surface area contributed by atoms with E-state index in [1.807, 2.05) is 0 Å². The molecular weight excluding hydrogens is 333 g/mol. The van der Waals surface area contributed by atoms with Crippen molar-refractivity contribution >= 4 is 41.1 Å². The van der Waals surface area contributed by atoms with Crippen LogP contribution in [0.4, 0.5) is 0 Å². The molecule has 0 fully saturated rings. The van der Waals surface area contributed by atoms with E-state index >= 15 is 0 Å². The molecule has 118 valence electrons. The van der Waals surface area contributed by atoms with Gasteiger partial charge in [-0.05, 0) is 35.1 Å². The number of nitrogens with zero attached hydrogens (tertiary/aromatic N) is 2. The van der Waals surface area contributed by atoms with Crippen LogP contribution in [0.25, 0.3) is 0 Å². The number of amides is 1. The summed E-state index contributed by atoms with van der Waals surface area (Å²) in [6, 6.07) is 4.37. The number of carbonyl (C=O) groups excluding carboxylic acids is 1. The number of halogens is 2. The highest BCUT2D eigenvalue weighted by atomic mass is 35.5. The fourth-order valence-electron chi connectivity index (χ4n) is 2.22. The highest BCUT2D eigenvalue weighted by molar-refractivity contribution is 6.42. The summed E-state index contributed by atoms with van der Waals surface area (Å²) in [7, 11) is 0. The molecule has 0 aliphatic carbocycles. The maximum absolute atomic E-state index is 12.8. The number of fused-ring (bicyclic) bond motifs is 1. The second-order valence-electron chi connectivity index (χ2n) is 4.95. The van der Waals surface area contributed by atoms with Crippen molar-refractivity contribution in [2.24, 2.45) is 4.99 Å². The van der Waals surface area contributed by atoms with E-state index in [-0.39, 0.29) is 23.8 Å². The lowest BCUT2D eigenvalue weighted by molar-refractivity contribution is -0.337. The summed E-state index contributed by atoms with van der Waals surface area (Å²) in [6.07, 6.45) is -1.95. The van der Waals surface area contributed by atoms with Crippen LogP contribution in [0.1, 0.15) is 34.0 Å². The molecule has 1 amide bonds. The van der Waals surface area contributed by atoms with E-state index in [0.29, 0.717) is 15.6 Å². The van der Waals surface area contributed by atoms with Crippen LogP contribution in [0.3, 0.4) is 0 Å². The summed E-state index contributed by atoms with van der Waals surface area (Å²) in [5.41, 5.74) is 0.305. The molecule has 1 aromatic rings. The van der Waals surface area contributed by atoms with Crippen LogP contribution in [-0.2, 0) is 11.3 Å². The van der Waals surface area contributed by atoms with Crippen molar-refractivity contribution in [2.45, 2.75) is 26.7 Å². The summed E-state index contributed by atoms with van der Waals surface area (Å²) >= 11 is 11.9. The molecule has 1 unspecified atom stereocenters. The molecule has 1 aromatic carbocycles. The maximum atomic E-state index is 12.8. The van der Waals surface area contributed by atoms with Gasteiger partial charge >= 0.3 is 5.84 Å². The lowest BCUT2D eigenvalue weighted by atomic mass is 10.2. The highest BCUT2D eigenvalue weighted by Crippen LogP contribution is 2.23. The molecule has 0 radical (unpaired) electrons. The molecule has 4 nitrogen and oxygen atoms in total. The second kappa shape index (κ2) is 6.30. The van der Waals surface area contributed by atoms with Gasteiger partial charge in [-0.15, -0.1) is 0 Å². The van der Waals surface area contributed by atoms with Gasteiger partial charge in [-0.25, -0.2) is 0 Å². The molecule has 2 aliphatic heterocycles. The van der Waals surface area contributed by atoms with E-state index < -0.39 is 37.0 Å². The molecule has 0 saturated carbocycles. The Balaban J connectivity index is 1.94. The highest BCUT2D eigenvalue weighted by Gasteiger charge is 2.36. The van der Waals surface area contributed by atoms with Gasteiger partial charge in [0.1, 0.15) is 1.37 Å². The third kappa shape index (κ3) is 3.23. The lowest BCUT2D eigenvalue weighted by Gasteiger charge is -2.10. The van der Waals surface area contributed by atoms with Crippen molar-refractivity contribution in [1.29, 1.82) is 0 Å². The quantitative estimate of drug-likeness (QED) is 0.826. The zero-order chi connectivity index (χ0) is 21.7. The predicted molar refractivity (Wildman–Crippen MR) is 93.1 cm³/mol. The van der Waals surface area contributed by atoms with Crippen LogP contribution in [0.2, 0.25) is 10.0 Å². The minimum Gasteiger partial charge on any atom is -0.345 e. The number of amidine groups is 1. The first-order valence-electron chi connectivity index (χ1n) is 9.80. The van der Waals surface area contributed by atoms with Crippen molar-refractivity contribution in [3.05, 3.63) is 56.8 Å². The van der Waals surface area contributed by atoms with Crippen LogP contribution < -0.4 is 5.32 Å². The number of carbonyl (C=O) groups is 1. The molecule has 6 heteroatoms. The van der Waals surface area contributed by atoms with Crippen molar-refractivity contribution in [2.75, 3.05) is 0 Å². The van der Waals surface area contributed by atoms with Gasteiger partial charge in [0.05, 0.1) is 24.0 Å². The number of rotatable bonds is 3. The van der Waals surface area contributed by atoms with Gasteiger partial charge < -0.3 is 5.32 Å². The van der Waals surface area contributed by atoms with Crippen molar-refractivity contribution < 1.29 is 17.6 Å². The second-order valence-corrected chi connectivity index (χ2v) is 5.76. The minimum atomic E-state index is -2.77. The van der Waals surface area contributed by atoms with Crippen molar-refractivity contribution in [1.82, 2.24) is 5.32 Å². The van der Waals surface area contributed by atoms with Gasteiger partial charge in [0.15, 0.2) is 0 Å². The lowest BCUT2D eigenvalue weighted by Crippen LogP contribution is -2.32. The molecule has 2 heterocycles. The largest absolute Gasteiger partial charge is 0.345 e. The normalized spacial score (nSPS) is 25.0. The number of hydrogen-bond acceptors (Lipinski definition) is 2. The van der Waals surface area contributed by atoms with E-state index in [1.54, 1.807) is 18.2 Å². The first-order valence-corrected chi connectivity index (χ1v) is 7.48. The molecule has 23 heavy (non-hydrogen) atoms. The Kier molecular flexibility index (Phi) is 2.76. The van der Waals surface area contributed by atoms with E-state index in [2.05, 4.69) is 10.3 Å². The Labute approximate surface area is 153 Å². The first kappa shape index (κ1) is 10.1. The van der Waals surface area contributed by atoms with E-state index in [9.17, 15) is 4.79 Å². The summed E-state index contributed by atoms with van der Waals surface area (Å²) in [4.78, 5) is 17.0. The molecular formula is C17H16Cl2N3O+. The monoisotopic (exact) mass is 354 g/mol. The number of nitrogens with one attached hydrogen (secondary N) is 1. The standard InChI is InChI=1S/C17H15Cl2N3O/c1-10-3-6-15-21-11(2)16(22(15)9-10)17(23)20-8-12-4-5-13(18)14(19)7-12/h3-5,7,9H,6,8H2,1-2H3/p+1/i1D3,3D,6D,9D. The zero-order valence-electron chi connectivity index (χ0n) is 18.1. The predicted octanol–water partition coefficient (Wildman–Crippen LogP) is 3.69. The fourth-order valence-corrected chi connectivity index (χ4v) is 2.54. The summed E-state index contributed by atoms with van der Waals surface area (Å²) < 4.78 is 48.3. The summed E-state index contributed by atoms with van der Waals surface area (Å²) in [5.74, 6) is -0.632. The molecule has 1 N–H and O–H groups in total. The van der Waals surface area contributed by atoms with Gasteiger partial charge in [-0.2, -0.15) is 4.58 Å². The van der Waals surface area contributed by atoms with Gasteiger partial charge in [0.2, 0.25) is 11.4 Å².